The van der Waals surface area contributed by atoms with Crippen molar-refractivity contribution in [1.82, 2.24) is 9.55 Å². The minimum atomic E-state index is -0.523. The summed E-state index contributed by atoms with van der Waals surface area (Å²) in [5.41, 5.74) is 0.0557. The summed E-state index contributed by atoms with van der Waals surface area (Å²) < 4.78 is 7.18. The third kappa shape index (κ3) is 4.39. The Hall–Kier alpha value is -3.16. The zero-order valence-corrected chi connectivity index (χ0v) is 16.2. The van der Waals surface area contributed by atoms with Gasteiger partial charge in [-0.05, 0) is 48.6 Å². The van der Waals surface area contributed by atoms with Crippen molar-refractivity contribution in [2.45, 2.75) is 6.54 Å². The molecule has 28 heavy (non-hydrogen) atoms. The van der Waals surface area contributed by atoms with Crippen LogP contribution in [0.3, 0.4) is 0 Å². The Morgan fingerprint density at radius 3 is 2.64 bits per heavy atom. The van der Waals surface area contributed by atoms with Gasteiger partial charge in [-0.3, -0.25) is 19.3 Å². The first-order valence-electron chi connectivity index (χ1n) is 8.23. The van der Waals surface area contributed by atoms with Gasteiger partial charge in [-0.15, -0.1) is 6.58 Å². The molecule has 0 unspecified atom stereocenters. The molecule has 3 rings (SSSR count). The molecule has 2 aromatic carbocycles. The predicted molar refractivity (Wildman–Crippen MR) is 113 cm³/mol. The molecule has 0 bridgehead atoms. The van der Waals surface area contributed by atoms with Crippen LogP contribution in [0.15, 0.2) is 71.0 Å². The highest BCUT2D eigenvalue weighted by molar-refractivity contribution is 7.71. The van der Waals surface area contributed by atoms with Crippen LogP contribution in [0.5, 0.6) is 17.4 Å². The van der Waals surface area contributed by atoms with Gasteiger partial charge in [-0.1, -0.05) is 29.8 Å². The maximum Gasteiger partial charge on any atom is 0.264 e. The summed E-state index contributed by atoms with van der Waals surface area (Å²) in [5.74, 6) is 0.871. The number of aromatic amines is 1. The number of aliphatic imine (C=N–C) groups is 1. The van der Waals surface area contributed by atoms with Gasteiger partial charge in [-0.2, -0.15) is 0 Å². The normalized spacial score (nSPS) is 10.9. The molecule has 8 heteroatoms. The number of hydrogen-bond acceptors (Lipinski definition) is 5. The second-order valence-corrected chi connectivity index (χ2v) is 6.47. The van der Waals surface area contributed by atoms with Crippen LogP contribution in [0.25, 0.3) is 0 Å². The maximum absolute atomic E-state index is 12.1. The van der Waals surface area contributed by atoms with Crippen LogP contribution >= 0.6 is 23.8 Å². The molecule has 0 spiro atoms. The van der Waals surface area contributed by atoms with Crippen LogP contribution in [0.2, 0.25) is 5.02 Å². The highest BCUT2D eigenvalue weighted by Gasteiger charge is 2.10. The number of nitrogens with zero attached hydrogens (tertiary/aromatic N) is 2. The van der Waals surface area contributed by atoms with Crippen LogP contribution in [0, 0.1) is 4.77 Å². The fourth-order valence-electron chi connectivity index (χ4n) is 2.38. The van der Waals surface area contributed by atoms with Crippen LogP contribution in [-0.4, -0.2) is 20.9 Å². The number of aromatic nitrogens is 2. The third-order valence-electron chi connectivity index (χ3n) is 3.76. The summed E-state index contributed by atoms with van der Waals surface area (Å²) in [6, 6.07) is 14.0. The van der Waals surface area contributed by atoms with E-state index in [1.807, 2.05) is 12.1 Å². The highest BCUT2D eigenvalue weighted by Crippen LogP contribution is 2.29. The van der Waals surface area contributed by atoms with E-state index < -0.39 is 5.56 Å². The number of aromatic hydroxyl groups is 1. The van der Waals surface area contributed by atoms with Gasteiger partial charge >= 0.3 is 0 Å². The number of allylic oxidation sites excluding steroid dienone is 1. The fourth-order valence-corrected chi connectivity index (χ4v) is 2.81. The van der Waals surface area contributed by atoms with Crippen LogP contribution in [0.1, 0.15) is 5.56 Å². The molecule has 0 amide bonds. The number of nitrogens with one attached hydrogen (secondary N) is 1. The number of para-hydroxylation sites is 1. The molecule has 1 aromatic heterocycles. The molecule has 0 saturated heterocycles. The lowest BCUT2D eigenvalue weighted by Crippen LogP contribution is -2.18. The number of rotatable bonds is 6. The Labute approximate surface area is 171 Å². The van der Waals surface area contributed by atoms with E-state index in [1.165, 1.54) is 10.8 Å². The Morgan fingerprint density at radius 1 is 1.25 bits per heavy atom. The Balaban J connectivity index is 1.83. The van der Waals surface area contributed by atoms with Crippen molar-refractivity contribution in [1.29, 1.82) is 0 Å². The van der Waals surface area contributed by atoms with Crippen molar-refractivity contribution in [3.63, 3.8) is 0 Å². The molecule has 0 aliphatic heterocycles. The molecule has 1 heterocycles. The quantitative estimate of drug-likeness (QED) is 0.339. The summed E-state index contributed by atoms with van der Waals surface area (Å²) in [6.45, 7) is 3.86. The zero-order valence-electron chi connectivity index (χ0n) is 14.6. The van der Waals surface area contributed by atoms with E-state index in [4.69, 9.17) is 28.6 Å². The van der Waals surface area contributed by atoms with Crippen molar-refractivity contribution >= 4 is 35.7 Å². The van der Waals surface area contributed by atoms with E-state index in [0.717, 1.165) is 0 Å². The summed E-state index contributed by atoms with van der Waals surface area (Å²) in [4.78, 5) is 18.8. The van der Waals surface area contributed by atoms with E-state index in [2.05, 4.69) is 16.6 Å². The number of benzene rings is 2. The van der Waals surface area contributed by atoms with E-state index >= 15 is 0 Å². The van der Waals surface area contributed by atoms with Gasteiger partial charge < -0.3 is 9.84 Å². The molecule has 0 saturated carbocycles. The average molecular weight is 414 g/mol. The van der Waals surface area contributed by atoms with Crippen LogP contribution in [0.4, 0.5) is 5.69 Å². The molecule has 0 fully saturated rings. The fraction of sp³-hybridized carbons (Fsp3) is 0.0500. The first kappa shape index (κ1) is 19.6. The maximum atomic E-state index is 12.1. The topological polar surface area (TPSA) is 79.6 Å². The Bertz CT molecular complexity index is 1150. The molecule has 3 aromatic rings. The standard InChI is InChI=1S/C20H16ClN3O3S/c1-2-11-24-19(26)15(18(25)23-20(24)28)12-22-13-7-9-14(10-8-13)27-17-6-4-3-5-16(17)21/h2-10,12,26H,1,11H2,(H,23,25,28). The van der Waals surface area contributed by atoms with E-state index in [-0.39, 0.29) is 22.8 Å². The SMILES string of the molecule is C=CCn1c(O)c(C=Nc2ccc(Oc3ccccc3Cl)cc2)c(=O)[nH]c1=S. The van der Waals surface area contributed by atoms with Crippen molar-refractivity contribution in [3.8, 4) is 17.4 Å². The summed E-state index contributed by atoms with van der Waals surface area (Å²) in [6.07, 6.45) is 2.85. The lowest BCUT2D eigenvalue weighted by Gasteiger charge is -2.08. The van der Waals surface area contributed by atoms with Crippen molar-refractivity contribution in [2.75, 3.05) is 0 Å². The van der Waals surface area contributed by atoms with E-state index in [1.54, 1.807) is 42.5 Å². The minimum Gasteiger partial charge on any atom is -0.494 e. The van der Waals surface area contributed by atoms with Gasteiger partial charge in [0.15, 0.2) is 4.77 Å². The third-order valence-corrected chi connectivity index (χ3v) is 4.40. The highest BCUT2D eigenvalue weighted by atomic mass is 35.5. The van der Waals surface area contributed by atoms with Crippen molar-refractivity contribution in [3.05, 3.63) is 86.9 Å². The molecular weight excluding hydrogens is 398 g/mol. The van der Waals surface area contributed by atoms with Gasteiger partial charge in [0.25, 0.3) is 5.56 Å². The predicted octanol–water partition coefficient (Wildman–Crippen LogP) is 4.99. The summed E-state index contributed by atoms with van der Waals surface area (Å²) in [5, 5.41) is 10.8. The largest absolute Gasteiger partial charge is 0.494 e. The monoisotopic (exact) mass is 413 g/mol. The Kier molecular flexibility index (Phi) is 6.08. The number of ether oxygens (including phenoxy) is 1. The lowest BCUT2D eigenvalue weighted by atomic mass is 10.3. The van der Waals surface area contributed by atoms with Crippen molar-refractivity contribution in [2.24, 2.45) is 4.99 Å². The first-order valence-corrected chi connectivity index (χ1v) is 9.01. The van der Waals surface area contributed by atoms with Gasteiger partial charge in [0.05, 0.1) is 10.7 Å². The Morgan fingerprint density at radius 2 is 1.96 bits per heavy atom. The van der Waals surface area contributed by atoms with Crippen molar-refractivity contribution < 1.29 is 9.84 Å². The second kappa shape index (κ2) is 8.69. The van der Waals surface area contributed by atoms with Crippen LogP contribution < -0.4 is 10.3 Å². The number of halogens is 1. The number of H-pyrrole nitrogens is 1. The molecule has 6 nitrogen and oxygen atoms in total. The second-order valence-electron chi connectivity index (χ2n) is 5.68. The van der Waals surface area contributed by atoms with Gasteiger partial charge in [0.2, 0.25) is 5.88 Å². The van der Waals surface area contributed by atoms with E-state index in [0.29, 0.717) is 22.2 Å². The summed E-state index contributed by atoms with van der Waals surface area (Å²) >= 11 is 11.1. The minimum absolute atomic E-state index is 0.00634. The molecule has 0 atom stereocenters. The molecule has 142 valence electrons. The van der Waals surface area contributed by atoms with E-state index in [9.17, 15) is 9.90 Å². The first-order chi connectivity index (χ1) is 13.5. The molecule has 0 radical (unpaired) electrons. The number of hydrogen-bond donors (Lipinski definition) is 2. The van der Waals surface area contributed by atoms with Gasteiger partial charge in [0, 0.05) is 12.8 Å². The summed E-state index contributed by atoms with van der Waals surface area (Å²) in [7, 11) is 0. The average Bonchev–Trinajstić information content (AvgIpc) is 2.68. The van der Waals surface area contributed by atoms with Gasteiger partial charge in [-0.25, -0.2) is 0 Å². The molecule has 0 aliphatic rings. The van der Waals surface area contributed by atoms with Crippen LogP contribution in [-0.2, 0) is 6.54 Å². The van der Waals surface area contributed by atoms with Gasteiger partial charge in [0.1, 0.15) is 17.1 Å². The molecule has 2 N–H and O–H groups in total. The lowest BCUT2D eigenvalue weighted by molar-refractivity contribution is 0.413. The zero-order chi connectivity index (χ0) is 20.1. The molecule has 0 aliphatic carbocycles. The molecular formula is C20H16ClN3O3S. The smallest absolute Gasteiger partial charge is 0.264 e.